The Morgan fingerprint density at radius 2 is 0.965 bits per heavy atom. The number of allylic oxidation sites excluding steroid dienone is 3. The third-order valence-electron chi connectivity index (χ3n) is 12.0. The molecule has 2 nitrogen and oxygen atoms in total. The number of nitrogens with zero attached hydrogens (tertiary/aromatic N) is 1. The molecule has 2 aliphatic carbocycles. The van der Waals surface area contributed by atoms with Crippen LogP contribution in [0, 0.1) is 0 Å². The molecule has 0 fully saturated rings. The second-order valence-electron chi connectivity index (χ2n) is 15.3. The fraction of sp³-hybridized carbons (Fsp3) is 0.0182. The molecule has 0 aliphatic heterocycles. The summed E-state index contributed by atoms with van der Waals surface area (Å²) in [6.07, 6.45) is 6.79. The van der Waals surface area contributed by atoms with Crippen molar-refractivity contribution in [3.05, 3.63) is 217 Å². The van der Waals surface area contributed by atoms with Gasteiger partial charge in [0.1, 0.15) is 11.2 Å². The largest absolute Gasteiger partial charge is 0.455 e. The number of hydrogen-bond donors (Lipinski definition) is 0. The Hall–Kier alpha value is -7.42. The lowest BCUT2D eigenvalue weighted by Gasteiger charge is -2.28. The number of para-hydroxylation sites is 2. The van der Waals surface area contributed by atoms with Crippen molar-refractivity contribution < 1.29 is 4.42 Å². The van der Waals surface area contributed by atoms with Gasteiger partial charge in [0.05, 0.1) is 5.69 Å². The summed E-state index contributed by atoms with van der Waals surface area (Å²) in [7, 11) is 0. The van der Waals surface area contributed by atoms with Gasteiger partial charge < -0.3 is 9.32 Å². The smallest absolute Gasteiger partial charge is 0.143 e. The Morgan fingerprint density at radius 3 is 1.63 bits per heavy atom. The highest BCUT2D eigenvalue weighted by molar-refractivity contribution is 6.12. The summed E-state index contributed by atoms with van der Waals surface area (Å²) in [6, 6.07) is 68.3. The fourth-order valence-electron chi connectivity index (χ4n) is 8.98. The summed E-state index contributed by atoms with van der Waals surface area (Å²) < 4.78 is 6.98. The standard InChI is InChI=1S/C55H35NO/c1-3-10-40-32-42(19-16-35(40)8-1)37-22-27-45(28-23-37)56(46-29-24-38(25-30-46)43-20-17-36-9-2-4-11-41(36)33-43)52-15-6-5-12-47(52)48-13-7-14-49-50-31-26-39-18-21-44-34-51(44)53(39)55(50)57-54(48)49/h1-34,51H/t51-/m1/s1. The summed E-state index contributed by atoms with van der Waals surface area (Å²) in [5.74, 6) is 0.357. The van der Waals surface area contributed by atoms with Gasteiger partial charge in [0.2, 0.25) is 0 Å². The lowest BCUT2D eigenvalue weighted by molar-refractivity contribution is 0.664. The van der Waals surface area contributed by atoms with Gasteiger partial charge >= 0.3 is 0 Å². The van der Waals surface area contributed by atoms with Crippen LogP contribution >= 0.6 is 0 Å². The molecule has 1 atom stereocenters. The molecule has 2 aliphatic rings. The molecular weight excluding hydrogens is 691 g/mol. The zero-order valence-corrected chi connectivity index (χ0v) is 31.1. The maximum absolute atomic E-state index is 6.98. The first-order valence-corrected chi connectivity index (χ1v) is 19.7. The Kier molecular flexibility index (Phi) is 7.02. The topological polar surface area (TPSA) is 16.4 Å². The number of furan rings is 1. The number of rotatable bonds is 6. The predicted molar refractivity (Wildman–Crippen MR) is 240 cm³/mol. The number of hydrogen-bond acceptors (Lipinski definition) is 2. The van der Waals surface area contributed by atoms with Gasteiger partial charge in [-0.3, -0.25) is 0 Å². The van der Waals surface area contributed by atoms with E-state index >= 15 is 0 Å². The highest BCUT2D eigenvalue weighted by atomic mass is 16.3. The zero-order chi connectivity index (χ0) is 37.5. The van der Waals surface area contributed by atoms with Crippen molar-refractivity contribution >= 4 is 66.6 Å². The average molecular weight is 726 g/mol. The van der Waals surface area contributed by atoms with Crippen LogP contribution < -0.4 is 4.90 Å². The molecule has 0 spiro atoms. The van der Waals surface area contributed by atoms with E-state index in [-0.39, 0.29) is 0 Å². The second kappa shape index (κ2) is 12.6. The first-order valence-electron chi connectivity index (χ1n) is 19.7. The summed E-state index contributed by atoms with van der Waals surface area (Å²) in [5.41, 5.74) is 16.0. The molecule has 1 aromatic heterocycles. The summed E-state index contributed by atoms with van der Waals surface area (Å²) in [4.78, 5) is 2.39. The minimum atomic E-state index is 0.357. The third kappa shape index (κ3) is 5.26. The Balaban J connectivity index is 1.01. The summed E-state index contributed by atoms with van der Waals surface area (Å²) in [6.45, 7) is 0. The molecule has 0 unspecified atom stereocenters. The van der Waals surface area contributed by atoms with E-state index in [1.54, 1.807) is 0 Å². The molecule has 0 saturated carbocycles. The van der Waals surface area contributed by atoms with E-state index in [0.717, 1.165) is 44.7 Å². The molecule has 12 rings (SSSR count). The second-order valence-corrected chi connectivity index (χ2v) is 15.3. The minimum Gasteiger partial charge on any atom is -0.455 e. The lowest BCUT2D eigenvalue weighted by Crippen LogP contribution is -2.11. The van der Waals surface area contributed by atoms with E-state index in [9.17, 15) is 0 Å². The summed E-state index contributed by atoms with van der Waals surface area (Å²) in [5, 5.41) is 7.29. The van der Waals surface area contributed by atoms with E-state index < -0.39 is 0 Å². The fourth-order valence-corrected chi connectivity index (χ4v) is 8.98. The van der Waals surface area contributed by atoms with Crippen molar-refractivity contribution in [1.29, 1.82) is 0 Å². The van der Waals surface area contributed by atoms with Gasteiger partial charge in [-0.05, 0) is 103 Å². The number of anilines is 3. The number of fused-ring (bicyclic) bond motifs is 9. The Bertz CT molecular complexity index is 3170. The normalized spacial score (nSPS) is 14.2. The molecule has 1 heterocycles. The van der Waals surface area contributed by atoms with E-state index in [2.05, 4.69) is 211 Å². The van der Waals surface area contributed by atoms with Crippen LogP contribution in [0.25, 0.3) is 82.9 Å². The molecule has 0 radical (unpaired) electrons. The van der Waals surface area contributed by atoms with E-state index in [1.807, 2.05) is 0 Å². The van der Waals surface area contributed by atoms with Crippen molar-refractivity contribution in [3.63, 3.8) is 0 Å². The molecule has 0 saturated heterocycles. The quantitative estimate of drug-likeness (QED) is 0.170. The van der Waals surface area contributed by atoms with Gasteiger partial charge in [-0.1, -0.05) is 158 Å². The van der Waals surface area contributed by atoms with Crippen LogP contribution in [0.1, 0.15) is 17.0 Å². The predicted octanol–water partition coefficient (Wildman–Crippen LogP) is 15.4. The van der Waals surface area contributed by atoms with Gasteiger partial charge in [0.15, 0.2) is 0 Å². The van der Waals surface area contributed by atoms with Crippen molar-refractivity contribution in [3.8, 4) is 33.4 Å². The summed E-state index contributed by atoms with van der Waals surface area (Å²) >= 11 is 0. The molecule has 2 heteroatoms. The van der Waals surface area contributed by atoms with Gasteiger partial charge in [0.25, 0.3) is 0 Å². The van der Waals surface area contributed by atoms with E-state index in [4.69, 9.17) is 4.42 Å². The van der Waals surface area contributed by atoms with Crippen molar-refractivity contribution in [2.45, 2.75) is 5.92 Å². The Morgan fingerprint density at radius 1 is 0.404 bits per heavy atom. The van der Waals surface area contributed by atoms with Crippen molar-refractivity contribution in [1.82, 2.24) is 0 Å². The van der Waals surface area contributed by atoms with Crippen LogP contribution in [0.4, 0.5) is 17.1 Å². The number of benzene rings is 9. The molecule has 10 aromatic rings. The van der Waals surface area contributed by atoms with Crippen LogP contribution in [-0.4, -0.2) is 0 Å². The average Bonchev–Trinajstić information content (AvgIpc) is 3.98. The van der Waals surface area contributed by atoms with E-state index in [1.165, 1.54) is 65.9 Å². The third-order valence-corrected chi connectivity index (χ3v) is 12.0. The van der Waals surface area contributed by atoms with E-state index in [0.29, 0.717) is 5.92 Å². The first-order chi connectivity index (χ1) is 28.2. The monoisotopic (exact) mass is 725 g/mol. The van der Waals surface area contributed by atoms with Gasteiger partial charge in [-0.2, -0.15) is 0 Å². The highest BCUT2D eigenvalue weighted by Gasteiger charge is 2.33. The van der Waals surface area contributed by atoms with Crippen molar-refractivity contribution in [2.24, 2.45) is 0 Å². The van der Waals surface area contributed by atoms with Crippen LogP contribution in [0.3, 0.4) is 0 Å². The van der Waals surface area contributed by atoms with Gasteiger partial charge in [-0.15, -0.1) is 0 Å². The first kappa shape index (κ1) is 31.9. The molecule has 9 aromatic carbocycles. The van der Waals surface area contributed by atoms with Gasteiger partial charge in [0, 0.05) is 44.8 Å². The maximum atomic E-state index is 6.98. The molecule has 0 amide bonds. The van der Waals surface area contributed by atoms with Crippen LogP contribution in [0.15, 0.2) is 210 Å². The highest BCUT2D eigenvalue weighted by Crippen LogP contribution is 2.51. The molecule has 57 heavy (non-hydrogen) atoms. The zero-order valence-electron chi connectivity index (χ0n) is 31.1. The van der Waals surface area contributed by atoms with Crippen LogP contribution in [-0.2, 0) is 0 Å². The molecule has 0 N–H and O–H groups in total. The Labute approximate surface area is 330 Å². The molecule has 266 valence electrons. The lowest BCUT2D eigenvalue weighted by atomic mass is 9.93. The maximum Gasteiger partial charge on any atom is 0.143 e. The molecule has 0 bridgehead atoms. The van der Waals surface area contributed by atoms with Crippen molar-refractivity contribution in [2.75, 3.05) is 4.90 Å². The van der Waals surface area contributed by atoms with Gasteiger partial charge in [-0.25, -0.2) is 0 Å². The SMILES string of the molecule is C1=Cc2ccc3c(oc4c(-c5ccccc5N(c5ccc(-c6ccc7ccccc7c6)cc5)c5ccc(-c6ccc7ccccc7c6)cc5)cccc43)c2[C@@H]2C=C12. The minimum absolute atomic E-state index is 0.357. The van der Waals surface area contributed by atoms with Crippen LogP contribution in [0.2, 0.25) is 0 Å². The van der Waals surface area contributed by atoms with Crippen LogP contribution in [0.5, 0.6) is 0 Å². The molecular formula is C55H35NO.